The average molecular weight is 582 g/mol. The molecule has 1 fully saturated rings. The van der Waals surface area contributed by atoms with Crippen LogP contribution in [0.1, 0.15) is 135 Å². The van der Waals surface area contributed by atoms with Crippen LogP contribution in [-0.2, 0) is 24.0 Å². The monoisotopic (exact) mass is 581 g/mol. The average Bonchev–Trinajstić information content (AvgIpc) is 2.95. The number of carbonyl (C=O) groups excluding carboxylic acids is 3. The van der Waals surface area contributed by atoms with Crippen LogP contribution >= 0.6 is 0 Å². The van der Waals surface area contributed by atoms with Crippen molar-refractivity contribution in [2.45, 2.75) is 141 Å². The van der Waals surface area contributed by atoms with Crippen LogP contribution < -0.4 is 10.6 Å². The van der Waals surface area contributed by atoms with Gasteiger partial charge in [0.25, 0.3) is 0 Å². The minimum atomic E-state index is -1.25. The molecular weight excluding hydrogens is 526 g/mol. The van der Waals surface area contributed by atoms with E-state index in [2.05, 4.69) is 10.6 Å². The van der Waals surface area contributed by atoms with Crippen LogP contribution in [0.25, 0.3) is 0 Å². The van der Waals surface area contributed by atoms with Crippen molar-refractivity contribution in [3.63, 3.8) is 0 Å². The van der Waals surface area contributed by atoms with Gasteiger partial charge in [0, 0.05) is 38.9 Å². The predicted octanol–water partition coefficient (Wildman–Crippen LogP) is 5.04. The first-order valence-electron chi connectivity index (χ1n) is 16.0. The second-order valence-corrected chi connectivity index (χ2v) is 11.5. The number of piperidine rings is 1. The molecule has 1 heterocycles. The summed E-state index contributed by atoms with van der Waals surface area (Å²) >= 11 is 0. The highest BCUT2D eigenvalue weighted by atomic mass is 16.4. The van der Waals surface area contributed by atoms with Crippen molar-refractivity contribution in [2.24, 2.45) is 5.92 Å². The Hall–Kier alpha value is -2.65. The van der Waals surface area contributed by atoms with Gasteiger partial charge in [0.1, 0.15) is 6.04 Å². The molecule has 1 rings (SSSR count). The van der Waals surface area contributed by atoms with Gasteiger partial charge in [-0.25, -0.2) is 4.79 Å². The van der Waals surface area contributed by atoms with Gasteiger partial charge in [0.05, 0.1) is 6.42 Å². The normalized spacial score (nSPS) is 14.4. The Morgan fingerprint density at radius 3 is 1.49 bits per heavy atom. The Bertz CT molecular complexity index is 782. The van der Waals surface area contributed by atoms with E-state index >= 15 is 0 Å². The van der Waals surface area contributed by atoms with Gasteiger partial charge in [-0.2, -0.15) is 0 Å². The molecule has 0 radical (unpaired) electrons. The van der Waals surface area contributed by atoms with Crippen molar-refractivity contribution in [2.75, 3.05) is 20.1 Å². The summed E-state index contributed by atoms with van der Waals surface area (Å²) in [4.78, 5) is 60.2. The summed E-state index contributed by atoms with van der Waals surface area (Å²) in [5.74, 6) is -2.96. The molecule has 41 heavy (non-hydrogen) atoms. The number of carboxylic acid groups (broad SMARTS) is 2. The Kier molecular flexibility index (Phi) is 20.4. The van der Waals surface area contributed by atoms with E-state index in [0.29, 0.717) is 38.8 Å². The molecule has 236 valence electrons. The zero-order valence-corrected chi connectivity index (χ0v) is 25.3. The zero-order chi connectivity index (χ0) is 30.3. The van der Waals surface area contributed by atoms with Gasteiger partial charge in [0.15, 0.2) is 0 Å². The molecule has 0 unspecified atom stereocenters. The van der Waals surface area contributed by atoms with E-state index in [1.54, 1.807) is 0 Å². The summed E-state index contributed by atoms with van der Waals surface area (Å²) in [6, 6.07) is -1.25. The van der Waals surface area contributed by atoms with Gasteiger partial charge in [-0.1, -0.05) is 89.9 Å². The summed E-state index contributed by atoms with van der Waals surface area (Å²) in [7, 11) is 1.42. The Balaban J connectivity index is 1.97. The van der Waals surface area contributed by atoms with Crippen LogP contribution in [0.2, 0.25) is 0 Å². The minimum absolute atomic E-state index is 0.130. The first-order valence-corrected chi connectivity index (χ1v) is 16.0. The molecule has 3 amide bonds. The minimum Gasteiger partial charge on any atom is -0.481 e. The van der Waals surface area contributed by atoms with E-state index in [0.717, 1.165) is 38.5 Å². The van der Waals surface area contributed by atoms with Gasteiger partial charge in [0.2, 0.25) is 17.7 Å². The summed E-state index contributed by atoms with van der Waals surface area (Å²) in [6.07, 6.45) is 20.4. The quantitative estimate of drug-likeness (QED) is 0.117. The van der Waals surface area contributed by atoms with E-state index in [1.165, 1.54) is 71.3 Å². The lowest BCUT2D eigenvalue weighted by molar-refractivity contribution is -0.144. The molecule has 1 aliphatic rings. The van der Waals surface area contributed by atoms with Crippen LogP contribution in [0.3, 0.4) is 0 Å². The van der Waals surface area contributed by atoms with Gasteiger partial charge in [-0.05, 0) is 25.7 Å². The second-order valence-electron chi connectivity index (χ2n) is 11.5. The lowest BCUT2D eigenvalue weighted by Crippen LogP contribution is -2.48. The number of rotatable bonds is 24. The molecule has 10 heteroatoms. The number of aliphatic carboxylic acids is 2. The number of unbranched alkanes of at least 4 members (excludes halogenated alkanes) is 15. The highest BCUT2D eigenvalue weighted by Crippen LogP contribution is 2.20. The highest BCUT2D eigenvalue weighted by Gasteiger charge is 2.30. The van der Waals surface area contributed by atoms with Crippen molar-refractivity contribution < 1.29 is 34.2 Å². The first-order chi connectivity index (χ1) is 19.7. The molecule has 0 aromatic rings. The maximum atomic E-state index is 12.6. The van der Waals surface area contributed by atoms with Crippen LogP contribution in [0, 0.1) is 5.92 Å². The number of likely N-dealkylation sites (tertiary alicyclic amines) is 1. The summed E-state index contributed by atoms with van der Waals surface area (Å²) < 4.78 is 0. The molecule has 0 saturated carbocycles. The molecule has 0 aliphatic carbocycles. The Morgan fingerprint density at radius 2 is 1.10 bits per heavy atom. The molecule has 10 nitrogen and oxygen atoms in total. The third kappa shape index (κ3) is 18.4. The molecule has 1 atom stereocenters. The van der Waals surface area contributed by atoms with E-state index < -0.39 is 23.9 Å². The maximum absolute atomic E-state index is 12.6. The molecule has 4 N–H and O–H groups in total. The number of amides is 3. The molecule has 0 aromatic carbocycles. The molecule has 1 saturated heterocycles. The van der Waals surface area contributed by atoms with Crippen molar-refractivity contribution in [3.05, 3.63) is 0 Å². The van der Waals surface area contributed by atoms with E-state index in [4.69, 9.17) is 5.11 Å². The van der Waals surface area contributed by atoms with E-state index in [9.17, 15) is 29.1 Å². The van der Waals surface area contributed by atoms with Crippen LogP contribution in [0.15, 0.2) is 0 Å². The van der Waals surface area contributed by atoms with Crippen LogP contribution in [0.4, 0.5) is 0 Å². The number of carboxylic acids is 2. The summed E-state index contributed by atoms with van der Waals surface area (Å²) in [6.45, 7) is 0.997. The lowest BCUT2D eigenvalue weighted by Gasteiger charge is -2.32. The fourth-order valence-corrected chi connectivity index (χ4v) is 5.35. The lowest BCUT2D eigenvalue weighted by atomic mass is 9.95. The fraction of sp³-hybridized carbons (Fsp3) is 0.839. The van der Waals surface area contributed by atoms with Gasteiger partial charge >= 0.3 is 11.9 Å². The van der Waals surface area contributed by atoms with Gasteiger partial charge in [-0.15, -0.1) is 0 Å². The molecule has 0 bridgehead atoms. The predicted molar refractivity (Wildman–Crippen MR) is 158 cm³/mol. The smallest absolute Gasteiger partial charge is 0.326 e. The van der Waals surface area contributed by atoms with Crippen LogP contribution in [-0.4, -0.2) is 71.0 Å². The summed E-state index contributed by atoms with van der Waals surface area (Å²) in [5.41, 5.74) is 0. The van der Waals surface area contributed by atoms with Gasteiger partial charge < -0.3 is 25.7 Å². The van der Waals surface area contributed by atoms with Crippen molar-refractivity contribution in [1.29, 1.82) is 0 Å². The number of carbonyl (C=O) groups is 5. The summed E-state index contributed by atoms with van der Waals surface area (Å²) in [5, 5.41) is 22.7. The Labute approximate surface area is 246 Å². The fourth-order valence-electron chi connectivity index (χ4n) is 5.35. The Morgan fingerprint density at radius 1 is 0.683 bits per heavy atom. The number of nitrogens with one attached hydrogen (secondary N) is 2. The van der Waals surface area contributed by atoms with Crippen molar-refractivity contribution in [1.82, 2.24) is 15.5 Å². The standard InChI is InChI=1S/C31H55N3O7/c1-32-27(35)24-26(31(40)41)33-30(39)25-20-22-34(23-21-25)28(36)18-16-14-12-10-8-6-4-2-3-5-7-9-11-13-15-17-19-29(37)38/h25-26H,2-24H2,1H3,(H,32,35)(H,33,39)(H,37,38)(H,40,41)/t26-/m0/s1. The molecular formula is C31H55N3O7. The number of hydrogen-bond acceptors (Lipinski definition) is 5. The molecule has 0 aromatic heterocycles. The third-order valence-electron chi connectivity index (χ3n) is 8.03. The largest absolute Gasteiger partial charge is 0.481 e. The zero-order valence-electron chi connectivity index (χ0n) is 25.3. The van der Waals surface area contributed by atoms with Gasteiger partial charge in [-0.3, -0.25) is 19.2 Å². The second kappa shape index (κ2) is 23.0. The molecule has 1 aliphatic heterocycles. The van der Waals surface area contributed by atoms with Crippen molar-refractivity contribution in [3.8, 4) is 0 Å². The van der Waals surface area contributed by atoms with Crippen molar-refractivity contribution >= 4 is 29.7 Å². The molecule has 0 spiro atoms. The first kappa shape index (κ1) is 36.4. The van der Waals surface area contributed by atoms with E-state index in [-0.39, 0.29) is 24.2 Å². The number of hydrogen-bond donors (Lipinski definition) is 4. The number of nitrogens with zero attached hydrogens (tertiary/aromatic N) is 1. The SMILES string of the molecule is CNC(=O)C[C@H](NC(=O)C1CCN(C(=O)CCCCCCCCCCCCCCCCCCC(=O)O)CC1)C(=O)O. The van der Waals surface area contributed by atoms with Crippen LogP contribution in [0.5, 0.6) is 0 Å². The van der Waals surface area contributed by atoms with E-state index in [1.807, 2.05) is 4.90 Å². The third-order valence-corrected chi connectivity index (χ3v) is 8.03. The topological polar surface area (TPSA) is 153 Å². The maximum Gasteiger partial charge on any atom is 0.326 e. The highest BCUT2D eigenvalue weighted by molar-refractivity contribution is 5.89.